The first-order valence-corrected chi connectivity index (χ1v) is 5.59. The number of halogens is 1. The molecule has 0 spiro atoms. The van der Waals surface area contributed by atoms with E-state index >= 15 is 0 Å². The van der Waals surface area contributed by atoms with Crippen LogP contribution in [0.3, 0.4) is 0 Å². The van der Waals surface area contributed by atoms with Crippen LogP contribution in [-0.4, -0.2) is 17.7 Å². The average Bonchev–Trinajstić information content (AvgIpc) is 2.26. The predicted octanol–water partition coefficient (Wildman–Crippen LogP) is 2.77. The van der Waals surface area contributed by atoms with Gasteiger partial charge in [-0.1, -0.05) is 11.6 Å². The van der Waals surface area contributed by atoms with Gasteiger partial charge in [-0.2, -0.15) is 5.26 Å². The lowest BCUT2D eigenvalue weighted by molar-refractivity contribution is 0.0684. The minimum absolute atomic E-state index is 0.415. The Balaban J connectivity index is 2.39. The van der Waals surface area contributed by atoms with Crippen molar-refractivity contribution in [3.63, 3.8) is 0 Å². The molecular formula is C12H13ClN2O. The summed E-state index contributed by atoms with van der Waals surface area (Å²) >= 11 is 5.96. The zero-order chi connectivity index (χ0) is 11.7. The Kier molecular flexibility index (Phi) is 3.04. The zero-order valence-corrected chi connectivity index (χ0v) is 10.1. The van der Waals surface area contributed by atoms with Crippen LogP contribution >= 0.6 is 11.6 Å². The van der Waals surface area contributed by atoms with E-state index in [1.165, 1.54) is 0 Å². The topological polar surface area (TPSA) is 36.3 Å². The first-order chi connectivity index (χ1) is 7.61. The number of hydrogen-bond donors (Lipinski definition) is 0. The second-order valence-corrected chi connectivity index (χ2v) is 4.60. The van der Waals surface area contributed by atoms with Crippen molar-refractivity contribution < 1.29 is 4.74 Å². The molecule has 16 heavy (non-hydrogen) atoms. The van der Waals surface area contributed by atoms with Gasteiger partial charge in [0.2, 0.25) is 0 Å². The Morgan fingerprint density at radius 2 is 2.25 bits per heavy atom. The molecule has 1 aromatic carbocycles. The highest BCUT2D eigenvalue weighted by Crippen LogP contribution is 2.32. The van der Waals surface area contributed by atoms with Gasteiger partial charge < -0.3 is 4.74 Å². The standard InChI is InChI=1S/C12H13ClN2O/c1-8(2)15-6-10-4-11(13)3-9(5-14)12(10)16-7-15/h3-4,8H,6-7H2,1-2H3. The smallest absolute Gasteiger partial charge is 0.143 e. The summed E-state index contributed by atoms with van der Waals surface area (Å²) in [5.74, 6) is 0.684. The number of fused-ring (bicyclic) bond motifs is 1. The minimum Gasteiger partial charge on any atom is -0.476 e. The Morgan fingerprint density at radius 1 is 1.50 bits per heavy atom. The second-order valence-electron chi connectivity index (χ2n) is 4.17. The molecule has 0 fully saturated rings. The molecule has 84 valence electrons. The van der Waals surface area contributed by atoms with Crippen molar-refractivity contribution in [2.75, 3.05) is 6.73 Å². The van der Waals surface area contributed by atoms with Crippen molar-refractivity contribution in [2.45, 2.75) is 26.4 Å². The largest absolute Gasteiger partial charge is 0.476 e. The number of nitrogens with zero attached hydrogens (tertiary/aromatic N) is 2. The van der Waals surface area contributed by atoms with Crippen LogP contribution in [0.5, 0.6) is 5.75 Å². The Morgan fingerprint density at radius 3 is 2.88 bits per heavy atom. The maximum Gasteiger partial charge on any atom is 0.143 e. The molecule has 0 unspecified atom stereocenters. The molecule has 0 bridgehead atoms. The Hall–Kier alpha value is -1.24. The molecule has 0 atom stereocenters. The summed E-state index contributed by atoms with van der Waals surface area (Å²) in [4.78, 5) is 2.18. The predicted molar refractivity (Wildman–Crippen MR) is 62.3 cm³/mol. The van der Waals surface area contributed by atoms with Gasteiger partial charge in [0.05, 0.1) is 5.56 Å². The molecule has 1 aliphatic rings. The lowest BCUT2D eigenvalue weighted by Gasteiger charge is -2.32. The van der Waals surface area contributed by atoms with Crippen LogP contribution in [0, 0.1) is 11.3 Å². The molecule has 0 amide bonds. The van der Waals surface area contributed by atoms with Gasteiger partial charge >= 0.3 is 0 Å². The van der Waals surface area contributed by atoms with Crippen LogP contribution < -0.4 is 4.74 Å². The molecule has 2 rings (SSSR count). The fourth-order valence-corrected chi connectivity index (χ4v) is 2.01. The first kappa shape index (κ1) is 11.3. The van der Waals surface area contributed by atoms with Gasteiger partial charge in [0.15, 0.2) is 0 Å². The van der Waals surface area contributed by atoms with E-state index in [9.17, 15) is 0 Å². The van der Waals surface area contributed by atoms with E-state index in [0.717, 1.165) is 12.1 Å². The number of hydrogen-bond acceptors (Lipinski definition) is 3. The molecule has 0 aromatic heterocycles. The van der Waals surface area contributed by atoms with E-state index in [2.05, 4.69) is 24.8 Å². The van der Waals surface area contributed by atoms with Crippen LogP contribution in [0.25, 0.3) is 0 Å². The third kappa shape index (κ3) is 1.99. The summed E-state index contributed by atoms with van der Waals surface area (Å²) in [5.41, 5.74) is 1.51. The van der Waals surface area contributed by atoms with Crippen molar-refractivity contribution in [2.24, 2.45) is 0 Å². The second kappa shape index (κ2) is 4.32. The first-order valence-electron chi connectivity index (χ1n) is 5.21. The van der Waals surface area contributed by atoms with Crippen molar-refractivity contribution in [1.82, 2.24) is 4.90 Å². The van der Waals surface area contributed by atoms with Crippen LogP contribution in [-0.2, 0) is 6.54 Å². The van der Waals surface area contributed by atoms with E-state index in [1.54, 1.807) is 6.07 Å². The SMILES string of the molecule is CC(C)N1COc2c(C#N)cc(Cl)cc2C1. The monoisotopic (exact) mass is 236 g/mol. The molecule has 3 nitrogen and oxygen atoms in total. The molecule has 0 radical (unpaired) electrons. The molecule has 1 aliphatic heterocycles. The van der Waals surface area contributed by atoms with E-state index in [1.807, 2.05) is 6.07 Å². The van der Waals surface area contributed by atoms with E-state index in [4.69, 9.17) is 21.6 Å². The van der Waals surface area contributed by atoms with Crippen molar-refractivity contribution in [3.05, 3.63) is 28.3 Å². The molecule has 0 saturated heterocycles. The third-order valence-electron chi connectivity index (χ3n) is 2.73. The van der Waals surface area contributed by atoms with Gasteiger partial charge in [-0.15, -0.1) is 0 Å². The van der Waals surface area contributed by atoms with Crippen molar-refractivity contribution in [1.29, 1.82) is 5.26 Å². The van der Waals surface area contributed by atoms with E-state index in [0.29, 0.717) is 29.1 Å². The Bertz CT molecular complexity index is 451. The highest BCUT2D eigenvalue weighted by Gasteiger charge is 2.22. The molecule has 1 heterocycles. The number of benzene rings is 1. The van der Waals surface area contributed by atoms with Gasteiger partial charge in [-0.25, -0.2) is 0 Å². The van der Waals surface area contributed by atoms with E-state index < -0.39 is 0 Å². The lowest BCUT2D eigenvalue weighted by atomic mass is 10.1. The number of nitriles is 1. The van der Waals surface area contributed by atoms with Crippen LogP contribution in [0.1, 0.15) is 25.0 Å². The van der Waals surface area contributed by atoms with Crippen molar-refractivity contribution in [3.8, 4) is 11.8 Å². The maximum atomic E-state index is 8.99. The zero-order valence-electron chi connectivity index (χ0n) is 9.33. The Labute approximate surface area is 100 Å². The van der Waals surface area contributed by atoms with Gasteiger partial charge in [-0.05, 0) is 26.0 Å². The van der Waals surface area contributed by atoms with Gasteiger partial charge in [0, 0.05) is 23.2 Å². The quantitative estimate of drug-likeness (QED) is 0.752. The summed E-state index contributed by atoms with van der Waals surface area (Å²) in [6.45, 7) is 5.54. The average molecular weight is 237 g/mol. The highest BCUT2D eigenvalue weighted by atomic mass is 35.5. The molecule has 0 N–H and O–H groups in total. The van der Waals surface area contributed by atoms with Crippen LogP contribution in [0.2, 0.25) is 5.02 Å². The van der Waals surface area contributed by atoms with Gasteiger partial charge in [-0.3, -0.25) is 4.90 Å². The number of ether oxygens (including phenoxy) is 1. The third-order valence-corrected chi connectivity index (χ3v) is 2.95. The molecule has 1 aromatic rings. The molecule has 0 saturated carbocycles. The molecule has 4 heteroatoms. The van der Waals surface area contributed by atoms with Crippen molar-refractivity contribution >= 4 is 11.6 Å². The van der Waals surface area contributed by atoms with E-state index in [-0.39, 0.29) is 0 Å². The lowest BCUT2D eigenvalue weighted by Crippen LogP contribution is -2.37. The maximum absolute atomic E-state index is 8.99. The summed E-state index contributed by atoms with van der Waals surface area (Å²) in [7, 11) is 0. The van der Waals surface area contributed by atoms with Gasteiger partial charge in [0.25, 0.3) is 0 Å². The number of rotatable bonds is 1. The molecule has 0 aliphatic carbocycles. The highest BCUT2D eigenvalue weighted by molar-refractivity contribution is 6.30. The fourth-order valence-electron chi connectivity index (χ4n) is 1.76. The van der Waals surface area contributed by atoms with Gasteiger partial charge in [0.1, 0.15) is 18.5 Å². The fraction of sp³-hybridized carbons (Fsp3) is 0.417. The van der Waals surface area contributed by atoms with Crippen LogP contribution in [0.15, 0.2) is 12.1 Å². The summed E-state index contributed by atoms with van der Waals surface area (Å²) in [6.07, 6.45) is 0. The summed E-state index contributed by atoms with van der Waals surface area (Å²) in [6, 6.07) is 6.04. The summed E-state index contributed by atoms with van der Waals surface area (Å²) in [5, 5.41) is 9.58. The van der Waals surface area contributed by atoms with Crippen LogP contribution in [0.4, 0.5) is 0 Å². The molecular weight excluding hydrogens is 224 g/mol. The summed E-state index contributed by atoms with van der Waals surface area (Å²) < 4.78 is 5.62. The minimum atomic E-state index is 0.415. The normalized spacial score (nSPS) is 15.4.